The quantitative estimate of drug-likeness (QED) is 0.518. The lowest BCUT2D eigenvalue weighted by Gasteiger charge is -2.37. The summed E-state index contributed by atoms with van der Waals surface area (Å²) >= 11 is 0. The van der Waals surface area contributed by atoms with Crippen LogP contribution in [0.15, 0.2) is 12.2 Å². The van der Waals surface area contributed by atoms with Crippen molar-refractivity contribution in [2.75, 3.05) is 13.2 Å². The summed E-state index contributed by atoms with van der Waals surface area (Å²) < 4.78 is 11.4. The second-order valence-electron chi connectivity index (χ2n) is 5.82. The predicted octanol–water partition coefficient (Wildman–Crippen LogP) is 3.70. The van der Waals surface area contributed by atoms with Crippen LogP contribution in [-0.4, -0.2) is 36.6 Å². The standard InChI is InChI=1S/C17H32O3/c1-4-6-7-8-9-10-11-12-15-16(18)17(19-5-2)14(3)13-20-15/h11-12,14-18H,4-10,13H2,1-3H3/t14-,15-,16+,17-/m0/s1. The summed E-state index contributed by atoms with van der Waals surface area (Å²) in [6.07, 6.45) is 10.9. The number of unbranched alkanes of at least 4 members (excludes halogenated alkanes) is 5. The first-order chi connectivity index (χ1) is 9.70. The van der Waals surface area contributed by atoms with Gasteiger partial charge in [-0.2, -0.15) is 0 Å². The Morgan fingerprint density at radius 3 is 2.65 bits per heavy atom. The molecule has 0 bridgehead atoms. The highest BCUT2D eigenvalue weighted by Crippen LogP contribution is 2.23. The van der Waals surface area contributed by atoms with E-state index in [0.29, 0.717) is 13.2 Å². The molecule has 0 amide bonds. The molecule has 0 aromatic heterocycles. The molecular formula is C17H32O3. The van der Waals surface area contributed by atoms with Crippen molar-refractivity contribution < 1.29 is 14.6 Å². The van der Waals surface area contributed by atoms with Gasteiger partial charge < -0.3 is 14.6 Å². The van der Waals surface area contributed by atoms with E-state index in [1.54, 1.807) is 0 Å². The maximum absolute atomic E-state index is 10.3. The minimum absolute atomic E-state index is 0.104. The average Bonchev–Trinajstić information content (AvgIpc) is 2.44. The normalized spacial score (nSPS) is 31.0. The molecule has 4 atom stereocenters. The summed E-state index contributed by atoms with van der Waals surface area (Å²) in [4.78, 5) is 0. The van der Waals surface area contributed by atoms with E-state index < -0.39 is 6.10 Å². The van der Waals surface area contributed by atoms with Gasteiger partial charge in [0, 0.05) is 12.5 Å². The Bertz CT molecular complexity index is 265. The molecular weight excluding hydrogens is 252 g/mol. The molecule has 0 radical (unpaired) electrons. The molecule has 1 fully saturated rings. The number of aliphatic hydroxyl groups is 1. The molecule has 0 aromatic carbocycles. The van der Waals surface area contributed by atoms with Gasteiger partial charge in [0.05, 0.1) is 12.7 Å². The third-order valence-electron chi connectivity index (χ3n) is 3.94. The lowest BCUT2D eigenvalue weighted by atomic mass is 9.93. The molecule has 1 heterocycles. The van der Waals surface area contributed by atoms with Crippen molar-refractivity contribution in [1.82, 2.24) is 0 Å². The van der Waals surface area contributed by atoms with Gasteiger partial charge in [0.2, 0.25) is 0 Å². The molecule has 1 saturated heterocycles. The Morgan fingerprint density at radius 1 is 1.20 bits per heavy atom. The fraction of sp³-hybridized carbons (Fsp3) is 0.882. The Hall–Kier alpha value is -0.380. The zero-order chi connectivity index (χ0) is 14.8. The maximum Gasteiger partial charge on any atom is 0.110 e. The third kappa shape index (κ3) is 5.94. The van der Waals surface area contributed by atoms with Crippen LogP contribution < -0.4 is 0 Å². The van der Waals surface area contributed by atoms with Crippen molar-refractivity contribution in [2.24, 2.45) is 5.92 Å². The SMILES string of the molecule is CCCCCCCC=C[C@@H]1OC[C@H](C)[C@H](OCC)[C@@H]1O. The van der Waals surface area contributed by atoms with Gasteiger partial charge >= 0.3 is 0 Å². The minimum Gasteiger partial charge on any atom is -0.387 e. The molecule has 20 heavy (non-hydrogen) atoms. The van der Waals surface area contributed by atoms with Gasteiger partial charge in [-0.1, -0.05) is 51.7 Å². The van der Waals surface area contributed by atoms with Crippen molar-refractivity contribution in [2.45, 2.75) is 77.6 Å². The van der Waals surface area contributed by atoms with E-state index in [4.69, 9.17) is 9.47 Å². The van der Waals surface area contributed by atoms with E-state index in [-0.39, 0.29) is 18.1 Å². The van der Waals surface area contributed by atoms with Crippen LogP contribution in [0.25, 0.3) is 0 Å². The Morgan fingerprint density at radius 2 is 1.95 bits per heavy atom. The molecule has 1 aliphatic rings. The van der Waals surface area contributed by atoms with Crippen molar-refractivity contribution in [1.29, 1.82) is 0 Å². The van der Waals surface area contributed by atoms with Gasteiger partial charge in [-0.05, 0) is 19.8 Å². The van der Waals surface area contributed by atoms with Crippen LogP contribution in [0.2, 0.25) is 0 Å². The van der Waals surface area contributed by atoms with E-state index >= 15 is 0 Å². The summed E-state index contributed by atoms with van der Waals surface area (Å²) in [7, 11) is 0. The van der Waals surface area contributed by atoms with Crippen LogP contribution in [0.1, 0.15) is 59.3 Å². The van der Waals surface area contributed by atoms with Crippen LogP contribution in [0.4, 0.5) is 0 Å². The van der Waals surface area contributed by atoms with Crippen molar-refractivity contribution in [3.63, 3.8) is 0 Å². The number of allylic oxidation sites excluding steroid dienone is 1. The van der Waals surface area contributed by atoms with Gasteiger partial charge in [-0.3, -0.25) is 0 Å². The van der Waals surface area contributed by atoms with Crippen molar-refractivity contribution in [3.8, 4) is 0 Å². The molecule has 0 unspecified atom stereocenters. The van der Waals surface area contributed by atoms with Crippen LogP contribution in [0, 0.1) is 5.92 Å². The topological polar surface area (TPSA) is 38.7 Å². The zero-order valence-corrected chi connectivity index (χ0v) is 13.4. The monoisotopic (exact) mass is 284 g/mol. The van der Waals surface area contributed by atoms with E-state index in [1.807, 2.05) is 13.0 Å². The minimum atomic E-state index is -0.546. The molecule has 3 heteroatoms. The summed E-state index contributed by atoms with van der Waals surface area (Å²) in [5, 5.41) is 10.3. The molecule has 0 aromatic rings. The lowest BCUT2D eigenvalue weighted by Crippen LogP contribution is -2.49. The van der Waals surface area contributed by atoms with Gasteiger partial charge in [0.1, 0.15) is 12.2 Å². The summed E-state index contributed by atoms with van der Waals surface area (Å²) in [6, 6.07) is 0. The highest BCUT2D eigenvalue weighted by molar-refractivity contribution is 4.99. The average molecular weight is 284 g/mol. The Kier molecular flexibility index (Phi) is 9.16. The van der Waals surface area contributed by atoms with Crippen molar-refractivity contribution in [3.05, 3.63) is 12.2 Å². The molecule has 118 valence electrons. The summed E-state index contributed by atoms with van der Waals surface area (Å²) in [5.74, 6) is 0.253. The van der Waals surface area contributed by atoms with E-state index in [1.165, 1.54) is 32.1 Å². The highest BCUT2D eigenvalue weighted by atomic mass is 16.5. The zero-order valence-electron chi connectivity index (χ0n) is 13.4. The Balaban J connectivity index is 2.28. The first kappa shape index (κ1) is 17.7. The van der Waals surface area contributed by atoms with E-state index in [9.17, 15) is 5.11 Å². The van der Waals surface area contributed by atoms with Crippen LogP contribution >= 0.6 is 0 Å². The number of aliphatic hydroxyl groups excluding tert-OH is 1. The molecule has 1 rings (SSSR count). The summed E-state index contributed by atoms with van der Waals surface area (Å²) in [5.41, 5.74) is 0. The predicted molar refractivity (Wildman–Crippen MR) is 82.8 cm³/mol. The first-order valence-corrected chi connectivity index (χ1v) is 8.28. The highest BCUT2D eigenvalue weighted by Gasteiger charge is 2.36. The molecule has 1 N–H and O–H groups in total. The van der Waals surface area contributed by atoms with Crippen LogP contribution in [0.5, 0.6) is 0 Å². The maximum atomic E-state index is 10.3. The largest absolute Gasteiger partial charge is 0.387 e. The summed E-state index contributed by atoms with van der Waals surface area (Å²) in [6.45, 7) is 7.57. The van der Waals surface area contributed by atoms with Gasteiger partial charge in [-0.25, -0.2) is 0 Å². The number of hydrogen-bond acceptors (Lipinski definition) is 3. The number of hydrogen-bond donors (Lipinski definition) is 1. The molecule has 0 saturated carbocycles. The molecule has 0 spiro atoms. The van der Waals surface area contributed by atoms with Gasteiger partial charge in [0.25, 0.3) is 0 Å². The molecule has 0 aliphatic carbocycles. The Labute approximate surface area is 124 Å². The fourth-order valence-corrected chi connectivity index (χ4v) is 2.70. The molecule has 3 nitrogen and oxygen atoms in total. The second kappa shape index (κ2) is 10.4. The smallest absolute Gasteiger partial charge is 0.110 e. The lowest BCUT2D eigenvalue weighted by molar-refractivity contribution is -0.163. The van der Waals surface area contributed by atoms with Gasteiger partial charge in [0.15, 0.2) is 0 Å². The number of ether oxygens (including phenoxy) is 2. The van der Waals surface area contributed by atoms with E-state index in [2.05, 4.69) is 19.9 Å². The third-order valence-corrected chi connectivity index (χ3v) is 3.94. The molecule has 1 aliphatic heterocycles. The van der Waals surface area contributed by atoms with Gasteiger partial charge in [-0.15, -0.1) is 0 Å². The fourth-order valence-electron chi connectivity index (χ4n) is 2.70. The van der Waals surface area contributed by atoms with Crippen LogP contribution in [0.3, 0.4) is 0 Å². The van der Waals surface area contributed by atoms with Crippen LogP contribution in [-0.2, 0) is 9.47 Å². The van der Waals surface area contributed by atoms with E-state index in [0.717, 1.165) is 6.42 Å². The number of rotatable bonds is 9. The second-order valence-corrected chi connectivity index (χ2v) is 5.82. The first-order valence-electron chi connectivity index (χ1n) is 8.28. The van der Waals surface area contributed by atoms with Crippen molar-refractivity contribution >= 4 is 0 Å².